The number of fused-ring (bicyclic) bond motifs is 1. The number of aliphatic hydroxyl groups is 1. The van der Waals surface area contributed by atoms with Gasteiger partial charge in [0.15, 0.2) is 11.5 Å². The third-order valence-corrected chi connectivity index (χ3v) is 3.78. The molecular weight excluding hydrogens is 272 g/mol. The first-order valence-corrected chi connectivity index (χ1v) is 6.99. The Morgan fingerprint density at radius 2 is 2.05 bits per heavy atom. The quantitative estimate of drug-likeness (QED) is 0.826. The van der Waals surface area contributed by atoms with Crippen LogP contribution in [0.5, 0.6) is 11.5 Å². The highest BCUT2D eigenvalue weighted by Crippen LogP contribution is 2.32. The Bertz CT molecular complexity index is 518. The summed E-state index contributed by atoms with van der Waals surface area (Å²) in [5.41, 5.74) is 6.74. The van der Waals surface area contributed by atoms with Crippen molar-refractivity contribution in [3.8, 4) is 11.5 Å². The zero-order chi connectivity index (χ0) is 15.6. The first-order chi connectivity index (χ1) is 9.90. The van der Waals surface area contributed by atoms with Gasteiger partial charge in [-0.3, -0.25) is 4.79 Å². The van der Waals surface area contributed by atoms with Gasteiger partial charge in [-0.1, -0.05) is 6.07 Å². The standard InChI is InChI=1S/C15H22N2O4/c1-9(17(3)15(19)14(16)10(2)18)6-11-4-5-12-13(7-11)21-8-20-12/h4-5,7,9-10,14,18H,6,8,16H2,1-3H3/t9?,10-,14+/m1/s1. The Kier molecular flexibility index (Phi) is 4.69. The van der Waals surface area contributed by atoms with E-state index in [1.54, 1.807) is 11.9 Å². The third kappa shape index (κ3) is 3.46. The van der Waals surface area contributed by atoms with Gasteiger partial charge in [0.2, 0.25) is 12.7 Å². The minimum Gasteiger partial charge on any atom is -0.454 e. The molecule has 6 heteroatoms. The van der Waals surface area contributed by atoms with Crippen molar-refractivity contribution in [1.82, 2.24) is 4.90 Å². The topological polar surface area (TPSA) is 85.0 Å². The van der Waals surface area contributed by atoms with Crippen molar-refractivity contribution >= 4 is 5.91 Å². The van der Waals surface area contributed by atoms with Crippen molar-refractivity contribution in [2.75, 3.05) is 13.8 Å². The molecule has 0 radical (unpaired) electrons. The minimum atomic E-state index is -0.894. The van der Waals surface area contributed by atoms with Gasteiger partial charge >= 0.3 is 0 Å². The number of nitrogens with two attached hydrogens (primary N) is 1. The Morgan fingerprint density at radius 3 is 2.71 bits per heavy atom. The smallest absolute Gasteiger partial charge is 0.242 e. The van der Waals surface area contributed by atoms with Crippen molar-refractivity contribution in [3.05, 3.63) is 23.8 Å². The van der Waals surface area contributed by atoms with Crippen molar-refractivity contribution in [2.45, 2.75) is 38.5 Å². The summed E-state index contributed by atoms with van der Waals surface area (Å²) in [6, 6.07) is 4.81. The first kappa shape index (κ1) is 15.6. The first-order valence-electron chi connectivity index (χ1n) is 6.99. The molecule has 116 valence electrons. The van der Waals surface area contributed by atoms with Crippen LogP contribution in [0.15, 0.2) is 18.2 Å². The zero-order valence-electron chi connectivity index (χ0n) is 12.6. The lowest BCUT2D eigenvalue weighted by molar-refractivity contribution is -0.135. The summed E-state index contributed by atoms with van der Waals surface area (Å²) in [4.78, 5) is 13.7. The average Bonchev–Trinajstić information content (AvgIpc) is 2.92. The molecule has 0 spiro atoms. The number of rotatable bonds is 5. The summed E-state index contributed by atoms with van der Waals surface area (Å²) in [7, 11) is 1.70. The number of carbonyl (C=O) groups is 1. The van der Waals surface area contributed by atoms with E-state index < -0.39 is 12.1 Å². The lowest BCUT2D eigenvalue weighted by Crippen LogP contribution is -2.50. The molecule has 21 heavy (non-hydrogen) atoms. The number of hydrogen-bond donors (Lipinski definition) is 2. The van der Waals surface area contributed by atoms with E-state index in [0.29, 0.717) is 6.42 Å². The molecule has 0 aromatic heterocycles. The Morgan fingerprint density at radius 1 is 1.38 bits per heavy atom. The molecule has 3 atom stereocenters. The van der Waals surface area contributed by atoms with Gasteiger partial charge in [0.05, 0.1) is 6.10 Å². The highest BCUT2D eigenvalue weighted by Gasteiger charge is 2.25. The van der Waals surface area contributed by atoms with Gasteiger partial charge in [-0.15, -0.1) is 0 Å². The predicted octanol–water partition coefficient (Wildman–Crippen LogP) is 0.513. The Labute approximate surface area is 124 Å². The van der Waals surface area contributed by atoms with Gasteiger partial charge in [0.1, 0.15) is 6.04 Å². The number of amides is 1. The van der Waals surface area contributed by atoms with E-state index in [1.807, 2.05) is 25.1 Å². The molecule has 1 heterocycles. The van der Waals surface area contributed by atoms with E-state index in [4.69, 9.17) is 15.2 Å². The van der Waals surface area contributed by atoms with Gasteiger partial charge in [-0.05, 0) is 38.0 Å². The lowest BCUT2D eigenvalue weighted by atomic mass is 10.0. The monoisotopic (exact) mass is 294 g/mol. The normalized spacial score (nSPS) is 17.2. The van der Waals surface area contributed by atoms with Gasteiger partial charge in [0, 0.05) is 13.1 Å². The van der Waals surface area contributed by atoms with Crippen LogP contribution in [0.3, 0.4) is 0 Å². The van der Waals surface area contributed by atoms with E-state index in [-0.39, 0.29) is 18.7 Å². The molecule has 0 saturated carbocycles. The predicted molar refractivity (Wildman–Crippen MR) is 78.2 cm³/mol. The van der Waals surface area contributed by atoms with E-state index in [0.717, 1.165) is 17.1 Å². The summed E-state index contributed by atoms with van der Waals surface area (Å²) in [6.07, 6.45) is -0.191. The maximum Gasteiger partial charge on any atom is 0.242 e. The zero-order valence-corrected chi connectivity index (χ0v) is 12.6. The number of aliphatic hydroxyl groups excluding tert-OH is 1. The Hall–Kier alpha value is -1.79. The molecule has 1 amide bonds. The summed E-state index contributed by atoms with van der Waals surface area (Å²) >= 11 is 0. The van der Waals surface area contributed by atoms with Crippen LogP contribution in [0.1, 0.15) is 19.4 Å². The minimum absolute atomic E-state index is 0.0392. The average molecular weight is 294 g/mol. The van der Waals surface area contributed by atoms with E-state index in [9.17, 15) is 9.90 Å². The fourth-order valence-corrected chi connectivity index (χ4v) is 2.20. The highest BCUT2D eigenvalue weighted by atomic mass is 16.7. The molecule has 6 nitrogen and oxygen atoms in total. The number of carbonyl (C=O) groups excluding carboxylic acids is 1. The van der Waals surface area contributed by atoms with Gasteiger partial charge in [-0.25, -0.2) is 0 Å². The van der Waals surface area contributed by atoms with Crippen LogP contribution in [-0.4, -0.2) is 47.9 Å². The molecular formula is C15H22N2O4. The number of nitrogens with zero attached hydrogens (tertiary/aromatic N) is 1. The van der Waals surface area contributed by atoms with Gasteiger partial charge in [0.25, 0.3) is 0 Å². The van der Waals surface area contributed by atoms with Gasteiger partial charge < -0.3 is 25.2 Å². The van der Waals surface area contributed by atoms with Crippen LogP contribution in [0.2, 0.25) is 0 Å². The fourth-order valence-electron chi connectivity index (χ4n) is 2.20. The summed E-state index contributed by atoms with van der Waals surface area (Å²) in [5.74, 6) is 1.21. The molecule has 1 aromatic rings. The molecule has 0 fully saturated rings. The van der Waals surface area contributed by atoms with Crippen LogP contribution in [0.25, 0.3) is 0 Å². The summed E-state index contributed by atoms with van der Waals surface area (Å²) in [5, 5.41) is 9.41. The second-order valence-corrected chi connectivity index (χ2v) is 5.46. The molecule has 0 bridgehead atoms. The van der Waals surface area contributed by atoms with E-state index in [2.05, 4.69) is 0 Å². The maximum atomic E-state index is 12.1. The number of likely N-dealkylation sites (N-methyl/N-ethyl adjacent to an activating group) is 1. The van der Waals surface area contributed by atoms with Crippen molar-refractivity contribution in [3.63, 3.8) is 0 Å². The van der Waals surface area contributed by atoms with E-state index >= 15 is 0 Å². The van der Waals surface area contributed by atoms with Crippen LogP contribution in [0, 0.1) is 0 Å². The molecule has 1 aliphatic heterocycles. The van der Waals surface area contributed by atoms with Crippen LogP contribution >= 0.6 is 0 Å². The summed E-state index contributed by atoms with van der Waals surface area (Å²) in [6.45, 7) is 3.70. The lowest BCUT2D eigenvalue weighted by Gasteiger charge is -2.28. The third-order valence-electron chi connectivity index (χ3n) is 3.78. The second kappa shape index (κ2) is 6.32. The molecule has 1 aromatic carbocycles. The summed E-state index contributed by atoms with van der Waals surface area (Å²) < 4.78 is 10.6. The largest absolute Gasteiger partial charge is 0.454 e. The number of benzene rings is 1. The molecule has 0 saturated heterocycles. The van der Waals surface area contributed by atoms with Crippen molar-refractivity contribution in [2.24, 2.45) is 5.73 Å². The fraction of sp³-hybridized carbons (Fsp3) is 0.533. The molecule has 2 rings (SSSR count). The van der Waals surface area contributed by atoms with E-state index in [1.165, 1.54) is 6.92 Å². The highest BCUT2D eigenvalue weighted by molar-refractivity contribution is 5.82. The van der Waals surface area contributed by atoms with Crippen LogP contribution in [-0.2, 0) is 11.2 Å². The molecule has 1 unspecified atom stereocenters. The number of ether oxygens (including phenoxy) is 2. The maximum absolute atomic E-state index is 12.1. The molecule has 0 aliphatic carbocycles. The van der Waals surface area contributed by atoms with Crippen molar-refractivity contribution in [1.29, 1.82) is 0 Å². The molecule has 3 N–H and O–H groups in total. The van der Waals surface area contributed by atoms with Gasteiger partial charge in [-0.2, -0.15) is 0 Å². The van der Waals surface area contributed by atoms with Crippen molar-refractivity contribution < 1.29 is 19.4 Å². The number of hydrogen-bond acceptors (Lipinski definition) is 5. The second-order valence-electron chi connectivity index (χ2n) is 5.46. The molecule has 1 aliphatic rings. The Balaban J connectivity index is 2.00. The van der Waals surface area contributed by atoms with Crippen LogP contribution in [0.4, 0.5) is 0 Å². The van der Waals surface area contributed by atoms with Crippen LogP contribution < -0.4 is 15.2 Å². The SMILES string of the molecule is CC(Cc1ccc2c(c1)OCO2)N(C)C(=O)[C@@H](N)[C@@H](C)O.